The Labute approximate surface area is 111 Å². The molecule has 1 aliphatic rings. The molecule has 1 amide bonds. The Bertz CT molecular complexity index is 575. The largest absolute Gasteiger partial charge is 0.323 e. The average Bonchev–Trinajstić information content (AvgIpc) is 3.13. The van der Waals surface area contributed by atoms with Crippen molar-refractivity contribution in [3.05, 3.63) is 42.5 Å². The van der Waals surface area contributed by atoms with Crippen LogP contribution in [0.2, 0.25) is 0 Å². The fourth-order valence-electron chi connectivity index (χ4n) is 2.07. The van der Waals surface area contributed by atoms with Crippen LogP contribution in [-0.2, 0) is 4.79 Å². The van der Waals surface area contributed by atoms with E-state index in [1.807, 2.05) is 25.1 Å². The van der Waals surface area contributed by atoms with Crippen molar-refractivity contribution < 1.29 is 4.79 Å². The summed E-state index contributed by atoms with van der Waals surface area (Å²) in [6.07, 6.45) is 7.56. The Morgan fingerprint density at radius 2 is 2.26 bits per heavy atom. The number of aromatic nitrogens is 3. The van der Waals surface area contributed by atoms with Gasteiger partial charge in [0.05, 0.1) is 11.4 Å². The quantitative estimate of drug-likeness (QED) is 0.913. The Morgan fingerprint density at radius 1 is 1.42 bits per heavy atom. The lowest BCUT2D eigenvalue weighted by atomic mass is 10.2. The summed E-state index contributed by atoms with van der Waals surface area (Å²) in [5, 5.41) is 7.05. The number of hydrogen-bond acceptors (Lipinski definition) is 3. The van der Waals surface area contributed by atoms with Crippen LogP contribution in [0.1, 0.15) is 37.4 Å². The van der Waals surface area contributed by atoms with E-state index in [-0.39, 0.29) is 11.9 Å². The lowest BCUT2D eigenvalue weighted by molar-refractivity contribution is -0.119. The summed E-state index contributed by atoms with van der Waals surface area (Å²) in [6, 6.07) is 5.24. The minimum atomic E-state index is -0.331. The van der Waals surface area contributed by atoms with Crippen LogP contribution in [0, 0.1) is 0 Å². The van der Waals surface area contributed by atoms with Gasteiger partial charge in [0, 0.05) is 24.5 Å². The molecule has 2 aromatic heterocycles. The Kier molecular flexibility index (Phi) is 3.03. The van der Waals surface area contributed by atoms with Crippen molar-refractivity contribution in [3.63, 3.8) is 0 Å². The molecule has 19 heavy (non-hydrogen) atoms. The SMILES string of the molecule is CC(C(=O)Nc1cccnc1C1CC1)n1cccn1. The van der Waals surface area contributed by atoms with Gasteiger partial charge in [-0.3, -0.25) is 14.5 Å². The number of nitrogens with one attached hydrogen (secondary N) is 1. The van der Waals surface area contributed by atoms with E-state index in [1.165, 1.54) is 0 Å². The molecule has 2 heterocycles. The second-order valence-electron chi connectivity index (χ2n) is 4.86. The first-order chi connectivity index (χ1) is 9.25. The standard InChI is InChI=1S/C14H16N4O/c1-10(18-9-3-8-16-18)14(19)17-12-4-2-7-15-13(12)11-5-6-11/h2-4,7-11H,5-6H2,1H3,(H,17,19). The van der Waals surface area contributed by atoms with Crippen LogP contribution in [0.5, 0.6) is 0 Å². The van der Waals surface area contributed by atoms with Crippen molar-refractivity contribution in [3.8, 4) is 0 Å². The second kappa shape index (κ2) is 4.84. The summed E-state index contributed by atoms with van der Waals surface area (Å²) < 4.78 is 1.64. The molecule has 0 bridgehead atoms. The number of carbonyl (C=O) groups is 1. The molecule has 1 N–H and O–H groups in total. The van der Waals surface area contributed by atoms with Gasteiger partial charge in [-0.25, -0.2) is 0 Å². The molecular formula is C14H16N4O. The summed E-state index contributed by atoms with van der Waals surface area (Å²) in [4.78, 5) is 16.6. The molecule has 3 rings (SSSR count). The minimum Gasteiger partial charge on any atom is -0.323 e. The molecule has 5 heteroatoms. The predicted octanol–water partition coefficient (Wildman–Crippen LogP) is 2.36. The molecule has 0 aliphatic heterocycles. The molecule has 1 saturated carbocycles. The monoisotopic (exact) mass is 256 g/mol. The summed E-state index contributed by atoms with van der Waals surface area (Å²) in [7, 11) is 0. The van der Waals surface area contributed by atoms with Gasteiger partial charge in [0.1, 0.15) is 6.04 Å². The van der Waals surface area contributed by atoms with Gasteiger partial charge in [-0.1, -0.05) is 0 Å². The summed E-state index contributed by atoms with van der Waals surface area (Å²) in [5.41, 5.74) is 1.83. The van der Waals surface area contributed by atoms with E-state index in [9.17, 15) is 4.79 Å². The van der Waals surface area contributed by atoms with Gasteiger partial charge < -0.3 is 5.32 Å². The zero-order valence-electron chi connectivity index (χ0n) is 10.8. The van der Waals surface area contributed by atoms with Crippen LogP contribution in [0.25, 0.3) is 0 Å². The molecule has 5 nitrogen and oxygen atoms in total. The average molecular weight is 256 g/mol. The molecule has 0 radical (unpaired) electrons. The number of hydrogen-bond donors (Lipinski definition) is 1. The van der Waals surface area contributed by atoms with E-state index in [0.717, 1.165) is 24.2 Å². The van der Waals surface area contributed by atoms with Gasteiger partial charge in [0.15, 0.2) is 0 Å². The van der Waals surface area contributed by atoms with Gasteiger partial charge in [-0.15, -0.1) is 0 Å². The third-order valence-electron chi connectivity index (χ3n) is 3.36. The highest BCUT2D eigenvalue weighted by molar-refractivity contribution is 5.94. The zero-order chi connectivity index (χ0) is 13.2. The first-order valence-electron chi connectivity index (χ1n) is 6.50. The molecule has 1 aliphatic carbocycles. The summed E-state index contributed by atoms with van der Waals surface area (Å²) in [5.74, 6) is 0.440. The fraction of sp³-hybridized carbons (Fsp3) is 0.357. The number of rotatable bonds is 4. The molecule has 0 spiro atoms. The number of amides is 1. The molecule has 1 fully saturated rings. The van der Waals surface area contributed by atoms with Crippen LogP contribution in [-0.4, -0.2) is 20.7 Å². The maximum atomic E-state index is 12.2. The van der Waals surface area contributed by atoms with E-state index < -0.39 is 0 Å². The first-order valence-corrected chi connectivity index (χ1v) is 6.50. The third kappa shape index (κ3) is 2.50. The van der Waals surface area contributed by atoms with Gasteiger partial charge in [-0.2, -0.15) is 5.10 Å². The Morgan fingerprint density at radius 3 is 2.95 bits per heavy atom. The van der Waals surface area contributed by atoms with E-state index in [4.69, 9.17) is 0 Å². The maximum absolute atomic E-state index is 12.2. The fourth-order valence-corrected chi connectivity index (χ4v) is 2.07. The lowest BCUT2D eigenvalue weighted by Crippen LogP contribution is -2.24. The maximum Gasteiger partial charge on any atom is 0.248 e. The predicted molar refractivity (Wildman–Crippen MR) is 71.8 cm³/mol. The number of carbonyl (C=O) groups excluding carboxylic acids is 1. The number of nitrogens with zero attached hydrogens (tertiary/aromatic N) is 3. The second-order valence-corrected chi connectivity index (χ2v) is 4.86. The molecule has 98 valence electrons. The van der Waals surface area contributed by atoms with Gasteiger partial charge >= 0.3 is 0 Å². The Balaban J connectivity index is 1.76. The Hall–Kier alpha value is -2.17. The third-order valence-corrected chi connectivity index (χ3v) is 3.36. The topological polar surface area (TPSA) is 59.8 Å². The van der Waals surface area contributed by atoms with Gasteiger partial charge in [-0.05, 0) is 38.0 Å². The minimum absolute atomic E-state index is 0.0707. The smallest absolute Gasteiger partial charge is 0.248 e. The van der Waals surface area contributed by atoms with Crippen LogP contribution in [0.3, 0.4) is 0 Å². The van der Waals surface area contributed by atoms with Crippen LogP contribution in [0.4, 0.5) is 5.69 Å². The molecule has 0 saturated heterocycles. The first kappa shape index (κ1) is 11.9. The van der Waals surface area contributed by atoms with E-state index in [0.29, 0.717) is 5.92 Å². The zero-order valence-corrected chi connectivity index (χ0v) is 10.8. The highest BCUT2D eigenvalue weighted by Crippen LogP contribution is 2.42. The molecule has 2 aromatic rings. The van der Waals surface area contributed by atoms with Gasteiger partial charge in [0.2, 0.25) is 5.91 Å². The highest BCUT2D eigenvalue weighted by atomic mass is 16.2. The lowest BCUT2D eigenvalue weighted by Gasteiger charge is -2.14. The normalized spacial score (nSPS) is 16.1. The van der Waals surface area contributed by atoms with E-state index >= 15 is 0 Å². The van der Waals surface area contributed by atoms with Crippen molar-refractivity contribution in [1.29, 1.82) is 0 Å². The van der Waals surface area contributed by atoms with Crippen molar-refractivity contribution in [2.45, 2.75) is 31.7 Å². The van der Waals surface area contributed by atoms with Crippen LogP contribution < -0.4 is 5.32 Å². The molecule has 0 aromatic carbocycles. The van der Waals surface area contributed by atoms with Crippen molar-refractivity contribution in [2.24, 2.45) is 0 Å². The van der Waals surface area contributed by atoms with Crippen molar-refractivity contribution in [1.82, 2.24) is 14.8 Å². The van der Waals surface area contributed by atoms with Crippen molar-refractivity contribution in [2.75, 3.05) is 5.32 Å². The molecule has 1 atom stereocenters. The van der Waals surface area contributed by atoms with Crippen LogP contribution >= 0.6 is 0 Å². The van der Waals surface area contributed by atoms with Crippen molar-refractivity contribution >= 4 is 11.6 Å². The number of anilines is 1. The highest BCUT2D eigenvalue weighted by Gasteiger charge is 2.28. The summed E-state index contributed by atoms with van der Waals surface area (Å²) >= 11 is 0. The summed E-state index contributed by atoms with van der Waals surface area (Å²) in [6.45, 7) is 1.83. The molecule has 1 unspecified atom stereocenters. The van der Waals surface area contributed by atoms with E-state index in [2.05, 4.69) is 15.4 Å². The van der Waals surface area contributed by atoms with E-state index in [1.54, 1.807) is 23.3 Å². The van der Waals surface area contributed by atoms with Gasteiger partial charge in [0.25, 0.3) is 0 Å². The number of pyridine rings is 1. The molecular weight excluding hydrogens is 240 g/mol. The van der Waals surface area contributed by atoms with Crippen LogP contribution in [0.15, 0.2) is 36.8 Å².